The topological polar surface area (TPSA) is 47.3 Å². The van der Waals surface area contributed by atoms with Crippen LogP contribution in [0, 0.1) is 0 Å². The lowest BCUT2D eigenvalue weighted by Crippen LogP contribution is -2.09. The Morgan fingerprint density at radius 3 is 2.60 bits per heavy atom. The first-order valence-corrected chi connectivity index (χ1v) is 7.29. The van der Waals surface area contributed by atoms with Gasteiger partial charge >= 0.3 is 0 Å². The molecule has 0 saturated heterocycles. The van der Waals surface area contributed by atoms with Crippen molar-refractivity contribution >= 4 is 56.1 Å². The molecular weight excluding hydrogens is 360 g/mol. The number of hydrogen-bond acceptors (Lipinski definition) is 3. The van der Waals surface area contributed by atoms with Gasteiger partial charge in [-0.05, 0) is 52.3 Å². The summed E-state index contributed by atoms with van der Waals surface area (Å²) in [5.41, 5.74) is 7.98. The maximum Gasteiger partial charge on any atom is 0.133 e. The van der Waals surface area contributed by atoms with Crippen LogP contribution in [0.4, 0.5) is 11.4 Å². The number of thiocarbonyl (C=S) groups is 1. The minimum absolute atomic E-state index is 0.325. The van der Waals surface area contributed by atoms with Crippen molar-refractivity contribution in [2.45, 2.75) is 0 Å². The number of ether oxygens (including phenoxy) is 1. The molecule has 6 heteroatoms. The third-order valence-corrected chi connectivity index (χ3v) is 3.85. The van der Waals surface area contributed by atoms with Crippen molar-refractivity contribution in [2.75, 3.05) is 12.4 Å². The van der Waals surface area contributed by atoms with E-state index in [1.807, 2.05) is 30.3 Å². The zero-order valence-corrected chi connectivity index (χ0v) is 13.8. The summed E-state index contributed by atoms with van der Waals surface area (Å²) in [5.74, 6) is 0.769. The smallest absolute Gasteiger partial charge is 0.133 e. The quantitative estimate of drug-likeness (QED) is 0.777. The van der Waals surface area contributed by atoms with E-state index in [2.05, 4.69) is 21.2 Å². The molecular formula is C14H12BrClN2OS. The molecule has 0 unspecified atom stereocenters. The van der Waals surface area contributed by atoms with Crippen molar-refractivity contribution in [3.8, 4) is 5.75 Å². The number of anilines is 2. The van der Waals surface area contributed by atoms with E-state index >= 15 is 0 Å². The van der Waals surface area contributed by atoms with Crippen LogP contribution >= 0.6 is 39.7 Å². The summed E-state index contributed by atoms with van der Waals surface area (Å²) < 4.78 is 6.05. The van der Waals surface area contributed by atoms with Crippen LogP contribution < -0.4 is 15.8 Å². The molecule has 0 amide bonds. The number of nitrogens with two attached hydrogens (primary N) is 1. The molecule has 2 aromatic rings. The van der Waals surface area contributed by atoms with Crippen LogP contribution in [0.5, 0.6) is 5.75 Å². The average molecular weight is 372 g/mol. The zero-order chi connectivity index (χ0) is 14.7. The largest absolute Gasteiger partial charge is 0.496 e. The van der Waals surface area contributed by atoms with E-state index in [9.17, 15) is 0 Å². The average Bonchev–Trinajstić information content (AvgIpc) is 2.41. The Morgan fingerprint density at radius 2 is 2.05 bits per heavy atom. The molecule has 0 bridgehead atoms. The summed E-state index contributed by atoms with van der Waals surface area (Å²) in [7, 11) is 1.62. The van der Waals surface area contributed by atoms with Gasteiger partial charge in [-0.25, -0.2) is 0 Å². The van der Waals surface area contributed by atoms with Gasteiger partial charge in [-0.2, -0.15) is 0 Å². The minimum Gasteiger partial charge on any atom is -0.496 e. The van der Waals surface area contributed by atoms with Crippen LogP contribution in [-0.2, 0) is 0 Å². The van der Waals surface area contributed by atoms with Crippen LogP contribution in [0.1, 0.15) is 5.56 Å². The van der Waals surface area contributed by atoms with Gasteiger partial charge in [0, 0.05) is 11.3 Å². The molecule has 0 atom stereocenters. The molecule has 0 aliphatic carbocycles. The molecule has 2 aromatic carbocycles. The Bertz CT molecular complexity index is 664. The summed E-state index contributed by atoms with van der Waals surface area (Å²) in [6, 6.07) is 11.1. The Morgan fingerprint density at radius 1 is 1.30 bits per heavy atom. The van der Waals surface area contributed by atoms with E-state index < -0.39 is 0 Å². The maximum absolute atomic E-state index is 6.21. The van der Waals surface area contributed by atoms with Crippen molar-refractivity contribution in [3.05, 3.63) is 51.5 Å². The first-order chi connectivity index (χ1) is 9.51. The lowest BCUT2D eigenvalue weighted by Gasteiger charge is -2.11. The molecule has 0 aliphatic heterocycles. The predicted octanol–water partition coefficient (Wildman–Crippen LogP) is 4.49. The standard InChI is InChI=1S/C14H12BrClN2OS/c1-19-13-5-3-9(7-10(13)15)18-12-4-2-8(14(17)20)6-11(12)16/h2-7,18H,1H3,(H2,17,20). The Labute approximate surface area is 136 Å². The highest BCUT2D eigenvalue weighted by Gasteiger charge is 2.06. The van der Waals surface area contributed by atoms with E-state index in [1.165, 1.54) is 0 Å². The molecule has 0 saturated carbocycles. The van der Waals surface area contributed by atoms with Gasteiger partial charge in [0.2, 0.25) is 0 Å². The molecule has 0 radical (unpaired) electrons. The highest BCUT2D eigenvalue weighted by molar-refractivity contribution is 9.10. The Balaban J connectivity index is 2.26. The van der Waals surface area contributed by atoms with Gasteiger partial charge in [0.25, 0.3) is 0 Å². The molecule has 3 nitrogen and oxygen atoms in total. The molecule has 2 rings (SSSR count). The second kappa shape index (κ2) is 6.43. The van der Waals surface area contributed by atoms with Gasteiger partial charge in [0.1, 0.15) is 10.7 Å². The molecule has 20 heavy (non-hydrogen) atoms. The molecule has 0 aliphatic rings. The summed E-state index contributed by atoms with van der Waals surface area (Å²) in [4.78, 5) is 0.325. The highest BCUT2D eigenvalue weighted by Crippen LogP contribution is 2.31. The van der Waals surface area contributed by atoms with E-state index in [-0.39, 0.29) is 0 Å². The highest BCUT2D eigenvalue weighted by atomic mass is 79.9. The number of hydrogen-bond donors (Lipinski definition) is 2. The van der Waals surface area contributed by atoms with Crippen molar-refractivity contribution in [1.82, 2.24) is 0 Å². The van der Waals surface area contributed by atoms with E-state index in [1.54, 1.807) is 13.2 Å². The zero-order valence-electron chi connectivity index (χ0n) is 10.6. The fraction of sp³-hybridized carbons (Fsp3) is 0.0714. The van der Waals surface area contributed by atoms with E-state index in [4.69, 9.17) is 34.3 Å². The summed E-state index contributed by atoms with van der Waals surface area (Å²) in [6.45, 7) is 0. The van der Waals surface area contributed by atoms with Crippen LogP contribution in [-0.4, -0.2) is 12.1 Å². The second-order valence-electron chi connectivity index (χ2n) is 4.03. The van der Waals surface area contributed by atoms with E-state index in [0.717, 1.165) is 27.2 Å². The lowest BCUT2D eigenvalue weighted by molar-refractivity contribution is 0.412. The second-order valence-corrected chi connectivity index (χ2v) is 5.73. The maximum atomic E-state index is 6.21. The van der Waals surface area contributed by atoms with Crippen molar-refractivity contribution in [1.29, 1.82) is 0 Å². The molecule has 0 heterocycles. The summed E-state index contributed by atoms with van der Waals surface area (Å²) in [5, 5.41) is 3.79. The van der Waals surface area contributed by atoms with Crippen LogP contribution in [0.3, 0.4) is 0 Å². The molecule has 0 spiro atoms. The fourth-order valence-electron chi connectivity index (χ4n) is 1.67. The number of benzene rings is 2. The van der Waals surface area contributed by atoms with Crippen LogP contribution in [0.25, 0.3) is 0 Å². The van der Waals surface area contributed by atoms with Crippen LogP contribution in [0.15, 0.2) is 40.9 Å². The SMILES string of the molecule is COc1ccc(Nc2ccc(C(N)=S)cc2Cl)cc1Br. The first-order valence-electron chi connectivity index (χ1n) is 5.71. The van der Waals surface area contributed by atoms with Crippen LogP contribution in [0.2, 0.25) is 5.02 Å². The monoisotopic (exact) mass is 370 g/mol. The molecule has 3 N–H and O–H groups in total. The fourth-order valence-corrected chi connectivity index (χ4v) is 2.56. The molecule has 104 valence electrons. The third kappa shape index (κ3) is 3.42. The van der Waals surface area contributed by atoms with Gasteiger partial charge in [0.05, 0.1) is 22.3 Å². The van der Waals surface area contributed by atoms with E-state index in [0.29, 0.717) is 10.0 Å². The number of rotatable bonds is 4. The van der Waals surface area contributed by atoms with Crippen molar-refractivity contribution < 1.29 is 4.74 Å². The Hall–Kier alpha value is -1.30. The number of nitrogens with one attached hydrogen (secondary N) is 1. The van der Waals surface area contributed by atoms with Gasteiger partial charge in [-0.15, -0.1) is 0 Å². The predicted molar refractivity (Wildman–Crippen MR) is 91.3 cm³/mol. The lowest BCUT2D eigenvalue weighted by atomic mass is 10.2. The normalized spacial score (nSPS) is 10.2. The van der Waals surface area contributed by atoms with Gasteiger partial charge in [-0.1, -0.05) is 23.8 Å². The summed E-state index contributed by atoms with van der Waals surface area (Å²) in [6.07, 6.45) is 0. The Kier molecular flexibility index (Phi) is 4.86. The number of halogens is 2. The third-order valence-electron chi connectivity index (χ3n) is 2.68. The summed E-state index contributed by atoms with van der Waals surface area (Å²) >= 11 is 14.6. The van der Waals surface area contributed by atoms with Crippen molar-refractivity contribution in [2.24, 2.45) is 5.73 Å². The first kappa shape index (κ1) is 15.1. The minimum atomic E-state index is 0.325. The van der Waals surface area contributed by atoms with Crippen molar-refractivity contribution in [3.63, 3.8) is 0 Å². The van der Waals surface area contributed by atoms with Gasteiger partial charge in [0.15, 0.2) is 0 Å². The van der Waals surface area contributed by atoms with Gasteiger partial charge in [-0.3, -0.25) is 0 Å². The number of methoxy groups -OCH3 is 1. The van der Waals surface area contributed by atoms with Gasteiger partial charge < -0.3 is 15.8 Å². The molecule has 0 aromatic heterocycles. The molecule has 0 fully saturated rings.